The number of benzene rings is 1. The van der Waals surface area contributed by atoms with E-state index < -0.39 is 0 Å². The monoisotopic (exact) mass is 363 g/mol. The summed E-state index contributed by atoms with van der Waals surface area (Å²) in [7, 11) is 0. The fourth-order valence-electron chi connectivity index (χ4n) is 4.29. The Labute approximate surface area is 155 Å². The Hall–Kier alpha value is -1.59. The number of halogens is 1. The Bertz CT molecular complexity index is 664. The average Bonchev–Trinajstić information content (AvgIpc) is 3.09. The molecule has 2 heterocycles. The minimum absolute atomic E-state index is 0. The number of piperazine rings is 1. The molecule has 1 N–H and O–H groups in total. The van der Waals surface area contributed by atoms with Crippen LogP contribution >= 0.6 is 12.4 Å². The van der Waals surface area contributed by atoms with Gasteiger partial charge in [0.15, 0.2) is 0 Å². The largest absolute Gasteiger partial charge is 0.337 e. The van der Waals surface area contributed by atoms with Crippen molar-refractivity contribution in [2.24, 2.45) is 0 Å². The van der Waals surface area contributed by atoms with Gasteiger partial charge in [-0.15, -0.1) is 12.4 Å². The van der Waals surface area contributed by atoms with Crippen LogP contribution in [0.1, 0.15) is 40.7 Å². The molecule has 1 aliphatic carbocycles. The maximum atomic E-state index is 12.9. The summed E-state index contributed by atoms with van der Waals surface area (Å²) in [6.45, 7) is 3.50. The van der Waals surface area contributed by atoms with Gasteiger partial charge in [-0.1, -0.05) is 6.07 Å². The lowest BCUT2D eigenvalue weighted by Crippen LogP contribution is -2.57. The van der Waals surface area contributed by atoms with Gasteiger partial charge in [-0.2, -0.15) is 0 Å². The Balaban J connectivity index is 0.00000182. The first-order valence-electron chi connectivity index (χ1n) is 9.13. The van der Waals surface area contributed by atoms with Crippen LogP contribution in [0.3, 0.4) is 0 Å². The first-order chi connectivity index (χ1) is 11.7. The minimum Gasteiger partial charge on any atom is -0.337 e. The van der Waals surface area contributed by atoms with Gasteiger partial charge in [-0.3, -0.25) is 9.59 Å². The van der Waals surface area contributed by atoms with Crippen molar-refractivity contribution in [2.75, 3.05) is 32.7 Å². The number of fused-ring (bicyclic) bond motifs is 1. The highest BCUT2D eigenvalue weighted by Crippen LogP contribution is 2.25. The molecule has 1 unspecified atom stereocenters. The van der Waals surface area contributed by atoms with E-state index in [1.165, 1.54) is 17.5 Å². The maximum absolute atomic E-state index is 12.9. The number of carbonyl (C=O) groups excluding carboxylic acids is 2. The van der Waals surface area contributed by atoms with Crippen LogP contribution in [-0.2, 0) is 17.6 Å². The number of piperidine rings is 1. The molecule has 2 amide bonds. The van der Waals surface area contributed by atoms with Crippen LogP contribution in [-0.4, -0.2) is 60.4 Å². The molecule has 1 aromatic carbocycles. The van der Waals surface area contributed by atoms with E-state index >= 15 is 0 Å². The molecule has 5 nitrogen and oxygen atoms in total. The smallest absolute Gasteiger partial charge is 0.253 e. The summed E-state index contributed by atoms with van der Waals surface area (Å²) in [5.41, 5.74) is 3.55. The van der Waals surface area contributed by atoms with Crippen molar-refractivity contribution in [3.63, 3.8) is 0 Å². The Morgan fingerprint density at radius 3 is 2.80 bits per heavy atom. The highest BCUT2D eigenvalue weighted by atomic mass is 35.5. The number of nitrogens with one attached hydrogen (secondary N) is 1. The van der Waals surface area contributed by atoms with E-state index in [-0.39, 0.29) is 30.3 Å². The summed E-state index contributed by atoms with van der Waals surface area (Å²) in [6, 6.07) is 6.36. The molecular weight excluding hydrogens is 338 g/mol. The fourth-order valence-corrected chi connectivity index (χ4v) is 4.29. The fraction of sp³-hybridized carbons (Fsp3) is 0.579. The topological polar surface area (TPSA) is 52.7 Å². The second-order valence-electron chi connectivity index (χ2n) is 7.15. The normalized spacial score (nSPS) is 23.2. The van der Waals surface area contributed by atoms with Gasteiger partial charge in [-0.05, 0) is 55.4 Å². The predicted octanol–water partition coefficient (Wildman–Crippen LogP) is 1.63. The number of hydrogen-bond donors (Lipinski definition) is 1. The Morgan fingerprint density at radius 1 is 1.12 bits per heavy atom. The molecule has 0 bridgehead atoms. The standard InChI is InChI=1S/C19H25N3O2.ClH/c23-18-12-20-8-10-22(18)17-5-2-9-21(13-17)19(24)16-7-6-14-3-1-4-15(14)11-16;/h6-7,11,17,20H,1-5,8-10,12-13H2;1H. The number of rotatable bonds is 2. The number of amides is 2. The van der Waals surface area contributed by atoms with Gasteiger partial charge in [0.1, 0.15) is 0 Å². The predicted molar refractivity (Wildman–Crippen MR) is 99.2 cm³/mol. The summed E-state index contributed by atoms with van der Waals surface area (Å²) in [5.74, 6) is 0.287. The molecule has 25 heavy (non-hydrogen) atoms. The van der Waals surface area contributed by atoms with Crippen LogP contribution in [0.5, 0.6) is 0 Å². The van der Waals surface area contributed by atoms with E-state index in [1.807, 2.05) is 15.9 Å². The lowest BCUT2D eigenvalue weighted by molar-refractivity contribution is -0.135. The molecule has 0 aromatic heterocycles. The zero-order valence-electron chi connectivity index (χ0n) is 14.5. The van der Waals surface area contributed by atoms with Crippen LogP contribution in [0, 0.1) is 0 Å². The van der Waals surface area contributed by atoms with Crippen molar-refractivity contribution in [3.8, 4) is 0 Å². The molecule has 1 atom stereocenters. The molecule has 2 aliphatic heterocycles. The Kier molecular flexibility index (Phi) is 5.64. The second kappa shape index (κ2) is 7.75. The summed E-state index contributed by atoms with van der Waals surface area (Å²) in [5, 5.41) is 3.12. The molecule has 0 spiro atoms. The van der Waals surface area contributed by atoms with Crippen molar-refractivity contribution in [1.82, 2.24) is 15.1 Å². The van der Waals surface area contributed by atoms with Gasteiger partial charge in [0.2, 0.25) is 5.91 Å². The highest BCUT2D eigenvalue weighted by Gasteiger charge is 2.32. The third kappa shape index (κ3) is 3.67. The molecule has 0 radical (unpaired) electrons. The van der Waals surface area contributed by atoms with E-state index in [2.05, 4.69) is 17.4 Å². The van der Waals surface area contributed by atoms with Crippen molar-refractivity contribution in [3.05, 3.63) is 34.9 Å². The first-order valence-corrected chi connectivity index (χ1v) is 9.13. The lowest BCUT2D eigenvalue weighted by atomic mass is 10.0. The SMILES string of the molecule is Cl.O=C(c1ccc2c(c1)CCC2)N1CCCC(N2CCNCC2=O)C1. The first kappa shape index (κ1) is 18.2. The summed E-state index contributed by atoms with van der Waals surface area (Å²) < 4.78 is 0. The zero-order valence-corrected chi connectivity index (χ0v) is 15.3. The molecule has 6 heteroatoms. The van der Waals surface area contributed by atoms with Crippen molar-refractivity contribution in [1.29, 1.82) is 0 Å². The third-order valence-corrected chi connectivity index (χ3v) is 5.60. The van der Waals surface area contributed by atoms with Crippen LogP contribution in [0.4, 0.5) is 0 Å². The van der Waals surface area contributed by atoms with E-state index in [1.54, 1.807) is 0 Å². The van der Waals surface area contributed by atoms with E-state index in [9.17, 15) is 9.59 Å². The second-order valence-corrected chi connectivity index (χ2v) is 7.15. The minimum atomic E-state index is 0. The number of aryl methyl sites for hydroxylation is 2. The summed E-state index contributed by atoms with van der Waals surface area (Å²) in [4.78, 5) is 29.0. The molecule has 136 valence electrons. The summed E-state index contributed by atoms with van der Waals surface area (Å²) in [6.07, 6.45) is 5.40. The quantitative estimate of drug-likeness (QED) is 0.869. The van der Waals surface area contributed by atoms with E-state index in [0.717, 1.165) is 50.9 Å². The van der Waals surface area contributed by atoms with Crippen molar-refractivity contribution < 1.29 is 9.59 Å². The molecule has 0 saturated carbocycles. The van der Waals surface area contributed by atoms with E-state index in [4.69, 9.17) is 0 Å². The van der Waals surface area contributed by atoms with Crippen molar-refractivity contribution >= 4 is 24.2 Å². The Morgan fingerprint density at radius 2 is 1.96 bits per heavy atom. The number of nitrogens with zero attached hydrogens (tertiary/aromatic N) is 2. The van der Waals surface area contributed by atoms with Gasteiger partial charge < -0.3 is 15.1 Å². The molecule has 3 aliphatic rings. The molecule has 2 saturated heterocycles. The number of likely N-dealkylation sites (tertiary alicyclic amines) is 1. The van der Waals surface area contributed by atoms with Gasteiger partial charge in [-0.25, -0.2) is 0 Å². The van der Waals surface area contributed by atoms with Crippen LogP contribution in [0.15, 0.2) is 18.2 Å². The highest BCUT2D eigenvalue weighted by molar-refractivity contribution is 5.94. The van der Waals surface area contributed by atoms with Gasteiger partial charge in [0.05, 0.1) is 6.54 Å². The molecule has 1 aromatic rings. The molecule has 2 fully saturated rings. The maximum Gasteiger partial charge on any atom is 0.253 e. The van der Waals surface area contributed by atoms with Gasteiger partial charge in [0.25, 0.3) is 5.91 Å². The number of carbonyl (C=O) groups is 2. The van der Waals surface area contributed by atoms with Crippen LogP contribution < -0.4 is 5.32 Å². The third-order valence-electron chi connectivity index (χ3n) is 5.60. The molecular formula is C19H26ClN3O2. The van der Waals surface area contributed by atoms with Gasteiger partial charge in [0, 0.05) is 37.8 Å². The van der Waals surface area contributed by atoms with Crippen LogP contribution in [0.25, 0.3) is 0 Å². The van der Waals surface area contributed by atoms with E-state index in [0.29, 0.717) is 13.1 Å². The van der Waals surface area contributed by atoms with Gasteiger partial charge >= 0.3 is 0 Å². The van der Waals surface area contributed by atoms with Crippen molar-refractivity contribution in [2.45, 2.75) is 38.1 Å². The lowest BCUT2D eigenvalue weighted by Gasteiger charge is -2.41. The van der Waals surface area contributed by atoms with Crippen LogP contribution in [0.2, 0.25) is 0 Å². The summed E-state index contributed by atoms with van der Waals surface area (Å²) >= 11 is 0. The number of hydrogen-bond acceptors (Lipinski definition) is 3. The average molecular weight is 364 g/mol. The molecule has 4 rings (SSSR count). The zero-order chi connectivity index (χ0) is 16.5.